The van der Waals surface area contributed by atoms with Crippen molar-refractivity contribution >= 4 is 11.9 Å². The van der Waals surface area contributed by atoms with Crippen LogP contribution in [0, 0.1) is 0 Å². The molecule has 1 aliphatic heterocycles. The molecule has 0 aromatic carbocycles. The average Bonchev–Trinajstić information content (AvgIpc) is 2.08. The Morgan fingerprint density at radius 2 is 2.33 bits per heavy atom. The first-order valence-corrected chi connectivity index (χ1v) is 3.79. The van der Waals surface area contributed by atoms with Gasteiger partial charge in [0.1, 0.15) is 6.04 Å². The maximum atomic E-state index is 11.0. The van der Waals surface area contributed by atoms with Crippen LogP contribution in [0.4, 0.5) is 0 Å². The number of hydrogen-bond acceptors (Lipinski definition) is 4. The van der Waals surface area contributed by atoms with Crippen LogP contribution in [0.25, 0.3) is 0 Å². The van der Waals surface area contributed by atoms with Crippen LogP contribution in [0.15, 0.2) is 0 Å². The Kier molecular flexibility index (Phi) is 2.65. The SMILES string of the molecule is COC(=O)C1CCC(N)C(=O)N1. The smallest absolute Gasteiger partial charge is 0.328 e. The maximum absolute atomic E-state index is 11.0. The standard InChI is InChI=1S/C7H12N2O3/c1-12-7(11)5-3-2-4(8)6(10)9-5/h4-5H,2-3,8H2,1H3,(H,9,10). The van der Waals surface area contributed by atoms with Crippen molar-refractivity contribution in [3.05, 3.63) is 0 Å². The summed E-state index contributed by atoms with van der Waals surface area (Å²) in [5.74, 6) is -0.688. The van der Waals surface area contributed by atoms with Crippen molar-refractivity contribution in [1.82, 2.24) is 5.32 Å². The van der Waals surface area contributed by atoms with Gasteiger partial charge in [-0.05, 0) is 12.8 Å². The van der Waals surface area contributed by atoms with Crippen LogP contribution >= 0.6 is 0 Å². The third-order valence-electron chi connectivity index (χ3n) is 1.91. The average molecular weight is 172 g/mol. The summed E-state index contributed by atoms with van der Waals surface area (Å²) in [7, 11) is 1.29. The van der Waals surface area contributed by atoms with E-state index in [0.29, 0.717) is 12.8 Å². The van der Waals surface area contributed by atoms with Crippen LogP contribution in [-0.4, -0.2) is 31.1 Å². The van der Waals surface area contributed by atoms with Gasteiger partial charge in [-0.25, -0.2) is 4.79 Å². The molecule has 0 saturated carbocycles. The van der Waals surface area contributed by atoms with Gasteiger partial charge >= 0.3 is 5.97 Å². The van der Waals surface area contributed by atoms with Crippen LogP contribution < -0.4 is 11.1 Å². The fraction of sp³-hybridized carbons (Fsp3) is 0.714. The Hall–Kier alpha value is -1.10. The highest BCUT2D eigenvalue weighted by Gasteiger charge is 2.29. The number of rotatable bonds is 1. The first-order chi connectivity index (χ1) is 5.65. The number of ether oxygens (including phenoxy) is 1. The minimum absolute atomic E-state index is 0.281. The molecule has 1 heterocycles. The van der Waals surface area contributed by atoms with Gasteiger partial charge in [-0.1, -0.05) is 0 Å². The first-order valence-electron chi connectivity index (χ1n) is 3.79. The summed E-state index contributed by atoms with van der Waals surface area (Å²) < 4.78 is 4.48. The van der Waals surface area contributed by atoms with Crippen LogP contribution in [0.2, 0.25) is 0 Å². The van der Waals surface area contributed by atoms with Gasteiger partial charge in [-0.2, -0.15) is 0 Å². The van der Waals surface area contributed by atoms with E-state index in [1.54, 1.807) is 0 Å². The second-order valence-electron chi connectivity index (χ2n) is 2.77. The van der Waals surface area contributed by atoms with Gasteiger partial charge < -0.3 is 15.8 Å². The number of nitrogens with two attached hydrogens (primary N) is 1. The lowest BCUT2D eigenvalue weighted by Gasteiger charge is -2.24. The summed E-state index contributed by atoms with van der Waals surface area (Å²) in [4.78, 5) is 21.9. The summed E-state index contributed by atoms with van der Waals surface area (Å²) in [6.07, 6.45) is 1.09. The van der Waals surface area contributed by atoms with E-state index >= 15 is 0 Å². The van der Waals surface area contributed by atoms with Crippen molar-refractivity contribution in [1.29, 1.82) is 0 Å². The molecule has 2 unspecified atom stereocenters. The molecule has 1 saturated heterocycles. The van der Waals surface area contributed by atoms with E-state index in [9.17, 15) is 9.59 Å². The van der Waals surface area contributed by atoms with Crippen LogP contribution in [0.1, 0.15) is 12.8 Å². The molecular weight excluding hydrogens is 160 g/mol. The predicted octanol–water partition coefficient (Wildman–Crippen LogP) is -1.23. The second kappa shape index (κ2) is 3.53. The number of esters is 1. The van der Waals surface area contributed by atoms with E-state index in [4.69, 9.17) is 5.73 Å². The molecule has 0 aliphatic carbocycles. The fourth-order valence-corrected chi connectivity index (χ4v) is 1.15. The zero-order valence-electron chi connectivity index (χ0n) is 6.87. The Labute approximate surface area is 70.2 Å². The molecule has 12 heavy (non-hydrogen) atoms. The molecule has 0 aromatic rings. The van der Waals surface area contributed by atoms with E-state index in [1.165, 1.54) is 7.11 Å². The number of carbonyl (C=O) groups is 2. The minimum atomic E-state index is -0.512. The highest BCUT2D eigenvalue weighted by atomic mass is 16.5. The van der Waals surface area contributed by atoms with Gasteiger partial charge in [0, 0.05) is 0 Å². The summed E-state index contributed by atoms with van der Waals surface area (Å²) in [5.41, 5.74) is 5.42. The van der Waals surface area contributed by atoms with Crippen molar-refractivity contribution in [3.8, 4) is 0 Å². The highest BCUT2D eigenvalue weighted by molar-refractivity contribution is 5.88. The molecule has 0 aromatic heterocycles. The molecule has 5 heteroatoms. The summed E-state index contributed by atoms with van der Waals surface area (Å²) in [5, 5.41) is 2.48. The molecule has 1 rings (SSSR count). The number of piperidine rings is 1. The molecular formula is C7H12N2O3. The molecule has 5 nitrogen and oxygen atoms in total. The van der Waals surface area contributed by atoms with E-state index in [-0.39, 0.29) is 5.91 Å². The zero-order valence-corrected chi connectivity index (χ0v) is 6.87. The maximum Gasteiger partial charge on any atom is 0.328 e. The Morgan fingerprint density at radius 3 is 2.83 bits per heavy atom. The summed E-state index contributed by atoms with van der Waals surface area (Å²) in [6.45, 7) is 0. The molecule has 1 fully saturated rings. The van der Waals surface area contributed by atoms with Crippen LogP contribution in [-0.2, 0) is 14.3 Å². The molecule has 0 radical (unpaired) electrons. The Morgan fingerprint density at radius 1 is 1.67 bits per heavy atom. The quantitative estimate of drug-likeness (QED) is 0.485. The number of nitrogens with one attached hydrogen (secondary N) is 1. The van der Waals surface area contributed by atoms with E-state index in [1.807, 2.05) is 0 Å². The molecule has 68 valence electrons. The lowest BCUT2D eigenvalue weighted by Crippen LogP contribution is -2.53. The third-order valence-corrected chi connectivity index (χ3v) is 1.91. The second-order valence-corrected chi connectivity index (χ2v) is 2.77. The van der Waals surface area contributed by atoms with Crippen molar-refractivity contribution < 1.29 is 14.3 Å². The Bertz CT molecular complexity index is 203. The molecule has 0 bridgehead atoms. The van der Waals surface area contributed by atoms with Crippen molar-refractivity contribution in [2.24, 2.45) is 5.73 Å². The third kappa shape index (κ3) is 1.73. The molecule has 2 atom stereocenters. The predicted molar refractivity (Wildman–Crippen MR) is 41.2 cm³/mol. The van der Waals surface area contributed by atoms with E-state index < -0.39 is 18.1 Å². The Balaban J connectivity index is 2.51. The zero-order chi connectivity index (χ0) is 9.14. The number of methoxy groups -OCH3 is 1. The fourth-order valence-electron chi connectivity index (χ4n) is 1.15. The largest absolute Gasteiger partial charge is 0.467 e. The molecule has 0 spiro atoms. The highest BCUT2D eigenvalue weighted by Crippen LogP contribution is 2.08. The van der Waals surface area contributed by atoms with Gasteiger partial charge in [-0.15, -0.1) is 0 Å². The van der Waals surface area contributed by atoms with Gasteiger partial charge in [0.25, 0.3) is 0 Å². The molecule has 1 aliphatic rings. The van der Waals surface area contributed by atoms with Crippen LogP contribution in [0.3, 0.4) is 0 Å². The molecule has 1 amide bonds. The topological polar surface area (TPSA) is 81.4 Å². The lowest BCUT2D eigenvalue weighted by molar-refractivity contribution is -0.146. The van der Waals surface area contributed by atoms with E-state index in [2.05, 4.69) is 10.1 Å². The first kappa shape index (κ1) is 8.99. The monoisotopic (exact) mass is 172 g/mol. The number of carbonyl (C=O) groups excluding carboxylic acids is 2. The normalized spacial score (nSPS) is 29.3. The van der Waals surface area contributed by atoms with E-state index in [0.717, 1.165) is 0 Å². The van der Waals surface area contributed by atoms with Crippen molar-refractivity contribution in [2.75, 3.05) is 7.11 Å². The van der Waals surface area contributed by atoms with Gasteiger partial charge in [0.15, 0.2) is 0 Å². The van der Waals surface area contributed by atoms with Gasteiger partial charge in [-0.3, -0.25) is 4.79 Å². The molecule has 3 N–H and O–H groups in total. The number of amides is 1. The van der Waals surface area contributed by atoms with Crippen LogP contribution in [0.5, 0.6) is 0 Å². The minimum Gasteiger partial charge on any atom is -0.467 e. The number of hydrogen-bond donors (Lipinski definition) is 2. The van der Waals surface area contributed by atoms with Crippen molar-refractivity contribution in [3.63, 3.8) is 0 Å². The summed E-state index contributed by atoms with van der Waals surface area (Å²) >= 11 is 0. The van der Waals surface area contributed by atoms with Gasteiger partial charge in [0.05, 0.1) is 13.2 Å². The summed E-state index contributed by atoms with van der Waals surface area (Å²) in [6, 6.07) is -0.992. The van der Waals surface area contributed by atoms with Crippen molar-refractivity contribution in [2.45, 2.75) is 24.9 Å². The lowest BCUT2D eigenvalue weighted by atomic mass is 10.0. The van der Waals surface area contributed by atoms with Gasteiger partial charge in [0.2, 0.25) is 5.91 Å².